The van der Waals surface area contributed by atoms with Crippen molar-refractivity contribution in [3.05, 3.63) is 120 Å². The van der Waals surface area contributed by atoms with Crippen LogP contribution in [0.2, 0.25) is 0 Å². The lowest BCUT2D eigenvalue weighted by atomic mass is 9.80. The molecule has 0 aliphatic heterocycles. The Hall–Kier alpha value is -2.72. The predicted molar refractivity (Wildman–Crippen MR) is 117 cm³/mol. The third-order valence-corrected chi connectivity index (χ3v) is 4.69. The summed E-state index contributed by atoms with van der Waals surface area (Å²) in [5.41, 5.74) is 2.57. The molecule has 29 heavy (non-hydrogen) atoms. The molecule has 0 saturated heterocycles. The Morgan fingerprint density at radius 3 is 1.45 bits per heavy atom. The van der Waals surface area contributed by atoms with Gasteiger partial charge in [0.15, 0.2) is 0 Å². The SMILES string of the molecule is C=CCOCCOCCOC(c1ccccc1)(c1ccccc1)c1ccccc1. The summed E-state index contributed by atoms with van der Waals surface area (Å²) >= 11 is 0. The molecule has 0 spiro atoms. The molecule has 0 aliphatic carbocycles. The van der Waals surface area contributed by atoms with Crippen LogP contribution < -0.4 is 0 Å². The van der Waals surface area contributed by atoms with E-state index >= 15 is 0 Å². The highest BCUT2D eigenvalue weighted by molar-refractivity contribution is 5.47. The van der Waals surface area contributed by atoms with Crippen LogP contribution in [0.4, 0.5) is 0 Å². The molecular formula is C26H28O3. The standard InChI is InChI=1S/C26H28O3/c1-2-18-27-19-20-28-21-22-29-26(23-12-6-3-7-13-23,24-14-8-4-9-15-24)25-16-10-5-11-17-25/h2-17H,1,18-22H2. The number of ether oxygens (including phenoxy) is 3. The summed E-state index contributed by atoms with van der Waals surface area (Å²) in [6.45, 7) is 6.21. The van der Waals surface area contributed by atoms with Crippen LogP contribution in [0.25, 0.3) is 0 Å². The largest absolute Gasteiger partial charge is 0.377 e. The minimum absolute atomic E-state index is 0.458. The lowest BCUT2D eigenvalue weighted by Gasteiger charge is -2.36. The average Bonchev–Trinajstić information content (AvgIpc) is 2.80. The topological polar surface area (TPSA) is 27.7 Å². The van der Waals surface area contributed by atoms with Gasteiger partial charge in [-0.3, -0.25) is 0 Å². The highest BCUT2D eigenvalue weighted by atomic mass is 16.5. The summed E-state index contributed by atoms with van der Waals surface area (Å²) in [6, 6.07) is 31.1. The van der Waals surface area contributed by atoms with Crippen LogP contribution in [0.3, 0.4) is 0 Å². The van der Waals surface area contributed by atoms with Gasteiger partial charge in [-0.2, -0.15) is 0 Å². The zero-order valence-corrected chi connectivity index (χ0v) is 16.7. The van der Waals surface area contributed by atoms with E-state index in [1.165, 1.54) is 0 Å². The molecule has 3 nitrogen and oxygen atoms in total. The fraction of sp³-hybridized carbons (Fsp3) is 0.231. The lowest BCUT2D eigenvalue weighted by molar-refractivity contribution is -0.0319. The summed E-state index contributed by atoms with van der Waals surface area (Å²) < 4.78 is 17.7. The maximum atomic E-state index is 6.63. The van der Waals surface area contributed by atoms with Gasteiger partial charge < -0.3 is 14.2 Å². The zero-order valence-electron chi connectivity index (χ0n) is 16.7. The molecule has 0 fully saturated rings. The molecule has 0 bridgehead atoms. The van der Waals surface area contributed by atoms with Crippen LogP contribution in [0.1, 0.15) is 16.7 Å². The Balaban J connectivity index is 1.84. The van der Waals surface area contributed by atoms with Crippen molar-refractivity contribution in [2.75, 3.05) is 33.0 Å². The molecule has 150 valence electrons. The van der Waals surface area contributed by atoms with Crippen LogP contribution in [0.15, 0.2) is 104 Å². The minimum Gasteiger partial charge on any atom is -0.377 e. The monoisotopic (exact) mass is 388 g/mol. The van der Waals surface area contributed by atoms with Crippen LogP contribution in [0.5, 0.6) is 0 Å². The van der Waals surface area contributed by atoms with Gasteiger partial charge in [0.2, 0.25) is 0 Å². The van der Waals surface area contributed by atoms with Gasteiger partial charge in [-0.25, -0.2) is 0 Å². The fourth-order valence-corrected chi connectivity index (χ4v) is 3.41. The van der Waals surface area contributed by atoms with E-state index < -0.39 is 5.60 Å². The van der Waals surface area contributed by atoms with Crippen molar-refractivity contribution in [1.82, 2.24) is 0 Å². The van der Waals surface area contributed by atoms with E-state index in [1.54, 1.807) is 6.08 Å². The average molecular weight is 389 g/mol. The molecule has 0 amide bonds. The molecule has 0 saturated carbocycles. The molecular weight excluding hydrogens is 360 g/mol. The second kappa shape index (κ2) is 11.3. The van der Waals surface area contributed by atoms with Crippen molar-refractivity contribution in [3.8, 4) is 0 Å². The minimum atomic E-state index is -0.702. The maximum Gasteiger partial charge on any atom is 0.143 e. The second-order valence-electron chi connectivity index (χ2n) is 6.60. The van der Waals surface area contributed by atoms with E-state index in [0.29, 0.717) is 33.0 Å². The maximum absolute atomic E-state index is 6.63. The summed E-state index contributed by atoms with van der Waals surface area (Å²) in [6.07, 6.45) is 1.73. The Morgan fingerprint density at radius 1 is 0.586 bits per heavy atom. The molecule has 0 heterocycles. The number of hydrogen-bond donors (Lipinski definition) is 0. The molecule has 3 aromatic carbocycles. The highest BCUT2D eigenvalue weighted by Gasteiger charge is 2.37. The second-order valence-corrected chi connectivity index (χ2v) is 6.60. The first-order chi connectivity index (χ1) is 14.4. The van der Waals surface area contributed by atoms with Gasteiger partial charge in [-0.15, -0.1) is 6.58 Å². The van der Waals surface area contributed by atoms with Gasteiger partial charge in [-0.05, 0) is 16.7 Å². The van der Waals surface area contributed by atoms with E-state index in [9.17, 15) is 0 Å². The summed E-state index contributed by atoms with van der Waals surface area (Å²) in [5.74, 6) is 0. The van der Waals surface area contributed by atoms with Gasteiger partial charge in [0.1, 0.15) is 5.60 Å². The first kappa shape index (κ1) is 21.0. The molecule has 0 aromatic heterocycles. The molecule has 0 radical (unpaired) electrons. The van der Waals surface area contributed by atoms with Crippen molar-refractivity contribution in [1.29, 1.82) is 0 Å². The van der Waals surface area contributed by atoms with Crippen molar-refractivity contribution >= 4 is 0 Å². The van der Waals surface area contributed by atoms with Gasteiger partial charge in [0.25, 0.3) is 0 Å². The predicted octanol–water partition coefficient (Wildman–Crippen LogP) is 5.21. The molecule has 0 N–H and O–H groups in total. The molecule has 0 unspecified atom stereocenters. The Kier molecular flexibility index (Phi) is 8.20. The van der Waals surface area contributed by atoms with Gasteiger partial charge in [0.05, 0.1) is 33.0 Å². The molecule has 3 rings (SSSR count). The summed E-state index contributed by atoms with van der Waals surface area (Å²) in [4.78, 5) is 0. The van der Waals surface area contributed by atoms with Crippen molar-refractivity contribution in [2.24, 2.45) is 0 Å². The summed E-state index contributed by atoms with van der Waals surface area (Å²) in [7, 11) is 0. The van der Waals surface area contributed by atoms with Crippen LogP contribution >= 0.6 is 0 Å². The molecule has 0 atom stereocenters. The van der Waals surface area contributed by atoms with Crippen molar-refractivity contribution < 1.29 is 14.2 Å². The van der Waals surface area contributed by atoms with E-state index in [2.05, 4.69) is 43.0 Å². The number of hydrogen-bond acceptors (Lipinski definition) is 3. The first-order valence-electron chi connectivity index (χ1n) is 9.95. The zero-order chi connectivity index (χ0) is 20.2. The van der Waals surface area contributed by atoms with Crippen molar-refractivity contribution in [2.45, 2.75) is 5.60 Å². The van der Waals surface area contributed by atoms with Crippen LogP contribution in [-0.4, -0.2) is 33.0 Å². The molecule has 3 heteroatoms. The smallest absolute Gasteiger partial charge is 0.143 e. The first-order valence-corrected chi connectivity index (χ1v) is 9.95. The van der Waals surface area contributed by atoms with E-state index in [4.69, 9.17) is 14.2 Å². The molecule has 3 aromatic rings. The number of rotatable bonds is 12. The number of benzene rings is 3. The van der Waals surface area contributed by atoms with Crippen molar-refractivity contribution in [3.63, 3.8) is 0 Å². The molecule has 0 aliphatic rings. The summed E-state index contributed by atoms with van der Waals surface area (Å²) in [5, 5.41) is 0. The Labute approximate surface area is 173 Å². The van der Waals surface area contributed by atoms with E-state index in [1.807, 2.05) is 54.6 Å². The van der Waals surface area contributed by atoms with Crippen LogP contribution in [0, 0.1) is 0 Å². The third kappa shape index (κ3) is 5.42. The highest BCUT2D eigenvalue weighted by Crippen LogP contribution is 2.40. The Bertz CT molecular complexity index is 735. The Morgan fingerprint density at radius 2 is 1.00 bits per heavy atom. The van der Waals surface area contributed by atoms with Gasteiger partial charge in [0, 0.05) is 0 Å². The van der Waals surface area contributed by atoms with Gasteiger partial charge >= 0.3 is 0 Å². The van der Waals surface area contributed by atoms with E-state index in [0.717, 1.165) is 16.7 Å². The quantitative estimate of drug-likeness (QED) is 0.242. The van der Waals surface area contributed by atoms with E-state index in [-0.39, 0.29) is 0 Å². The normalized spacial score (nSPS) is 11.3. The lowest BCUT2D eigenvalue weighted by Crippen LogP contribution is -2.34. The fourth-order valence-electron chi connectivity index (χ4n) is 3.41. The van der Waals surface area contributed by atoms with Gasteiger partial charge in [-0.1, -0.05) is 97.1 Å². The van der Waals surface area contributed by atoms with Crippen LogP contribution in [-0.2, 0) is 19.8 Å². The third-order valence-electron chi connectivity index (χ3n) is 4.69.